The molecule has 0 aliphatic rings. The van der Waals surface area contributed by atoms with Gasteiger partial charge in [-0.3, -0.25) is 0 Å². The van der Waals surface area contributed by atoms with Crippen LogP contribution in [0.4, 0.5) is 11.6 Å². The van der Waals surface area contributed by atoms with Crippen LogP contribution >= 0.6 is 34.8 Å². The lowest BCUT2D eigenvalue weighted by Crippen LogP contribution is -1.95. The zero-order valence-corrected chi connectivity index (χ0v) is 13.1. The number of halogens is 3. The minimum absolute atomic E-state index is 0.172. The number of aromatic nitrogens is 2. The smallest absolute Gasteiger partial charge is 0.335 e. The Morgan fingerprint density at radius 3 is 2.45 bits per heavy atom. The van der Waals surface area contributed by atoms with Crippen molar-refractivity contribution in [2.24, 2.45) is 0 Å². The van der Waals surface area contributed by atoms with E-state index in [-0.39, 0.29) is 5.56 Å². The summed E-state index contributed by atoms with van der Waals surface area (Å²) in [5.41, 5.74) is 1.84. The number of fused-ring (bicyclic) bond motifs is 1. The topological polar surface area (TPSA) is 78.0 Å². The van der Waals surface area contributed by atoms with E-state index >= 15 is 0 Å². The maximum atomic E-state index is 11.0. The van der Waals surface area contributed by atoms with E-state index in [2.05, 4.69) is 15.3 Å². The Bertz CT molecular complexity index is 869. The molecule has 8 heteroatoms. The summed E-state index contributed by atoms with van der Waals surface area (Å²) < 4.78 is 0. The lowest BCUT2D eigenvalue weighted by Gasteiger charge is -2.08. The van der Waals surface area contributed by atoms with Gasteiger partial charge in [-0.2, -0.15) is 0 Å². The Labute approximate surface area is 139 Å². The zero-order chi connectivity index (χ0) is 15.9. The number of hydrogen-bond donors (Lipinski definition) is 3. The molecule has 0 saturated heterocycles. The van der Waals surface area contributed by atoms with Crippen LogP contribution in [-0.2, 0) is 0 Å². The van der Waals surface area contributed by atoms with Crippen LogP contribution in [-0.4, -0.2) is 21.0 Å². The number of aromatic amines is 1. The quantitative estimate of drug-likeness (QED) is 0.619. The highest BCUT2D eigenvalue weighted by molar-refractivity contribution is 6.41. The van der Waals surface area contributed by atoms with E-state index in [9.17, 15) is 4.79 Å². The zero-order valence-electron chi connectivity index (χ0n) is 10.8. The number of anilines is 2. The number of H-pyrrole nitrogens is 1. The molecule has 3 N–H and O–H groups in total. The number of carboxylic acids is 1. The van der Waals surface area contributed by atoms with Crippen LogP contribution in [0.5, 0.6) is 0 Å². The Kier molecular flexibility index (Phi) is 3.87. The fourth-order valence-electron chi connectivity index (χ4n) is 1.98. The van der Waals surface area contributed by atoms with Crippen LogP contribution in [0.1, 0.15) is 10.4 Å². The van der Waals surface area contributed by atoms with Crippen LogP contribution in [0.25, 0.3) is 11.0 Å². The first kappa shape index (κ1) is 15.0. The van der Waals surface area contributed by atoms with Crippen molar-refractivity contribution in [3.63, 3.8) is 0 Å². The van der Waals surface area contributed by atoms with Gasteiger partial charge >= 0.3 is 5.97 Å². The van der Waals surface area contributed by atoms with E-state index < -0.39 is 5.97 Å². The molecule has 0 radical (unpaired) electrons. The van der Waals surface area contributed by atoms with Gasteiger partial charge < -0.3 is 15.4 Å². The molecule has 0 atom stereocenters. The number of carboxylic acid groups (broad SMARTS) is 1. The second-order valence-electron chi connectivity index (χ2n) is 4.49. The molecule has 3 aromatic rings. The van der Waals surface area contributed by atoms with Crippen LogP contribution in [0, 0.1) is 0 Å². The number of carbonyl (C=O) groups is 1. The van der Waals surface area contributed by atoms with Crippen LogP contribution in [0.3, 0.4) is 0 Å². The Morgan fingerprint density at radius 1 is 1.14 bits per heavy atom. The summed E-state index contributed by atoms with van der Waals surface area (Å²) in [6, 6.07) is 7.72. The van der Waals surface area contributed by atoms with Gasteiger partial charge in [-0.1, -0.05) is 34.8 Å². The number of hydrogen-bond acceptors (Lipinski definition) is 3. The van der Waals surface area contributed by atoms with Crippen LogP contribution in [0.2, 0.25) is 15.1 Å². The average molecular weight is 357 g/mol. The SMILES string of the molecule is O=C(O)c1ccc2nc(Nc3c(Cl)cc(Cl)cc3Cl)[nH]c2c1. The summed E-state index contributed by atoms with van der Waals surface area (Å²) in [5.74, 6) is -0.613. The highest BCUT2D eigenvalue weighted by Crippen LogP contribution is 2.35. The molecule has 0 amide bonds. The third-order valence-electron chi connectivity index (χ3n) is 2.98. The van der Waals surface area contributed by atoms with Gasteiger partial charge in [0, 0.05) is 5.02 Å². The average Bonchev–Trinajstić information content (AvgIpc) is 2.84. The third-order valence-corrected chi connectivity index (χ3v) is 3.79. The maximum absolute atomic E-state index is 11.0. The first-order valence-corrected chi connectivity index (χ1v) is 7.22. The first-order chi connectivity index (χ1) is 10.4. The number of imidazole rings is 1. The molecule has 3 rings (SSSR count). The minimum Gasteiger partial charge on any atom is -0.478 e. The van der Waals surface area contributed by atoms with Crippen molar-refractivity contribution < 1.29 is 9.90 Å². The van der Waals surface area contributed by atoms with E-state index in [4.69, 9.17) is 39.9 Å². The Hall–Kier alpha value is -1.95. The van der Waals surface area contributed by atoms with Gasteiger partial charge in [0.15, 0.2) is 0 Å². The van der Waals surface area contributed by atoms with Crippen LogP contribution < -0.4 is 5.32 Å². The van der Waals surface area contributed by atoms with E-state index in [1.165, 1.54) is 12.1 Å². The van der Waals surface area contributed by atoms with Gasteiger partial charge in [-0.15, -0.1) is 0 Å². The molecule has 0 aliphatic carbocycles. The number of nitrogens with zero attached hydrogens (tertiary/aromatic N) is 1. The van der Waals surface area contributed by atoms with Crippen molar-refractivity contribution in [2.45, 2.75) is 0 Å². The van der Waals surface area contributed by atoms with Crippen molar-refractivity contribution >= 4 is 63.4 Å². The van der Waals surface area contributed by atoms with Gasteiger partial charge in [-0.05, 0) is 30.3 Å². The second-order valence-corrected chi connectivity index (χ2v) is 5.74. The van der Waals surface area contributed by atoms with Crippen molar-refractivity contribution in [1.29, 1.82) is 0 Å². The molecule has 2 aromatic carbocycles. The molecule has 0 bridgehead atoms. The van der Waals surface area contributed by atoms with Crippen LogP contribution in [0.15, 0.2) is 30.3 Å². The molecule has 0 fully saturated rings. The number of rotatable bonds is 3. The highest BCUT2D eigenvalue weighted by Gasteiger charge is 2.11. The van der Waals surface area contributed by atoms with Gasteiger partial charge in [0.1, 0.15) is 0 Å². The Morgan fingerprint density at radius 2 is 1.82 bits per heavy atom. The van der Waals surface area contributed by atoms with E-state index in [0.717, 1.165) is 0 Å². The summed E-state index contributed by atoms with van der Waals surface area (Å²) in [4.78, 5) is 18.2. The summed E-state index contributed by atoms with van der Waals surface area (Å²) >= 11 is 18.1. The van der Waals surface area contributed by atoms with Gasteiger partial charge in [0.25, 0.3) is 0 Å². The molecule has 0 unspecified atom stereocenters. The molecule has 112 valence electrons. The summed E-state index contributed by atoms with van der Waals surface area (Å²) in [7, 11) is 0. The third kappa shape index (κ3) is 2.83. The van der Waals surface area contributed by atoms with Gasteiger partial charge in [0.05, 0.1) is 32.3 Å². The summed E-state index contributed by atoms with van der Waals surface area (Å²) in [6.45, 7) is 0. The first-order valence-electron chi connectivity index (χ1n) is 6.08. The number of aromatic carboxylic acids is 1. The van der Waals surface area contributed by atoms with E-state index in [1.54, 1.807) is 18.2 Å². The van der Waals surface area contributed by atoms with E-state index in [1.807, 2.05) is 0 Å². The molecule has 0 spiro atoms. The lowest BCUT2D eigenvalue weighted by atomic mass is 10.2. The molecular weight excluding hydrogens is 349 g/mol. The number of benzene rings is 2. The van der Waals surface area contributed by atoms with Crippen molar-refractivity contribution in [2.75, 3.05) is 5.32 Å². The normalized spacial score (nSPS) is 10.9. The lowest BCUT2D eigenvalue weighted by molar-refractivity contribution is 0.0697. The monoisotopic (exact) mass is 355 g/mol. The minimum atomic E-state index is -1.00. The summed E-state index contributed by atoms with van der Waals surface area (Å²) in [6.07, 6.45) is 0. The van der Waals surface area contributed by atoms with E-state index in [0.29, 0.717) is 37.7 Å². The number of nitrogens with one attached hydrogen (secondary N) is 2. The van der Waals surface area contributed by atoms with Crippen molar-refractivity contribution in [3.05, 3.63) is 51.0 Å². The molecular formula is C14H8Cl3N3O2. The Balaban J connectivity index is 1.99. The molecule has 22 heavy (non-hydrogen) atoms. The maximum Gasteiger partial charge on any atom is 0.335 e. The molecule has 5 nitrogen and oxygen atoms in total. The highest BCUT2D eigenvalue weighted by atomic mass is 35.5. The van der Waals surface area contributed by atoms with Crippen molar-refractivity contribution in [1.82, 2.24) is 9.97 Å². The summed E-state index contributed by atoms with van der Waals surface area (Å²) in [5, 5.41) is 13.1. The predicted molar refractivity (Wildman–Crippen MR) is 87.8 cm³/mol. The molecule has 0 aliphatic heterocycles. The fraction of sp³-hybridized carbons (Fsp3) is 0. The predicted octanol–water partition coefficient (Wildman–Crippen LogP) is 4.96. The van der Waals surface area contributed by atoms with Gasteiger partial charge in [0.2, 0.25) is 5.95 Å². The van der Waals surface area contributed by atoms with Crippen molar-refractivity contribution in [3.8, 4) is 0 Å². The molecule has 1 heterocycles. The standard InChI is InChI=1S/C14H8Cl3N3O2/c15-7-4-8(16)12(9(17)5-7)20-14-18-10-2-1-6(13(21)22)3-11(10)19-14/h1-5H,(H,21,22)(H2,18,19,20). The fourth-order valence-corrected chi connectivity index (χ4v) is 2.89. The molecule has 0 saturated carbocycles. The molecule has 1 aromatic heterocycles. The second kappa shape index (κ2) is 5.68. The largest absolute Gasteiger partial charge is 0.478 e. The van der Waals surface area contributed by atoms with Gasteiger partial charge in [-0.25, -0.2) is 9.78 Å².